The predicted octanol–water partition coefficient (Wildman–Crippen LogP) is 0.464. The smallest absolute Gasteiger partial charge is 0.407 e. The summed E-state index contributed by atoms with van der Waals surface area (Å²) in [5.41, 5.74) is 1.53. The second kappa shape index (κ2) is 8.05. The molecule has 3 rings (SSSR count). The van der Waals surface area contributed by atoms with Gasteiger partial charge in [0.2, 0.25) is 5.91 Å². The number of hydrogen-bond acceptors (Lipinski definition) is 5. The highest BCUT2D eigenvalue weighted by Gasteiger charge is 2.28. The number of ether oxygens (including phenoxy) is 1. The molecule has 4 N–H and O–H groups in total. The van der Waals surface area contributed by atoms with Crippen LogP contribution in [0.1, 0.15) is 15.9 Å². The van der Waals surface area contributed by atoms with E-state index in [-0.39, 0.29) is 25.6 Å². The molecule has 1 fully saturated rings. The molecule has 1 heterocycles. The second-order valence-corrected chi connectivity index (χ2v) is 6.38. The number of carbonyl (C=O) groups excluding carboxylic acids is 3. The number of fused-ring (bicyclic) bond motifs is 1. The van der Waals surface area contributed by atoms with Crippen molar-refractivity contribution in [1.29, 1.82) is 0 Å². The first-order valence-corrected chi connectivity index (χ1v) is 8.61. The lowest BCUT2D eigenvalue weighted by atomic mass is 9.99. The van der Waals surface area contributed by atoms with Gasteiger partial charge in [-0.2, -0.15) is 0 Å². The summed E-state index contributed by atoms with van der Waals surface area (Å²) in [6.45, 7) is 1.82. The molecule has 8 nitrogen and oxygen atoms in total. The van der Waals surface area contributed by atoms with Gasteiger partial charge in [0, 0.05) is 18.7 Å². The first-order chi connectivity index (χ1) is 13.0. The molecule has 0 spiro atoms. The Bertz CT molecular complexity index is 878. The summed E-state index contributed by atoms with van der Waals surface area (Å²) in [5.74, 6) is -0.743. The summed E-state index contributed by atoms with van der Waals surface area (Å²) in [6, 6.07) is 10.5. The summed E-state index contributed by atoms with van der Waals surface area (Å²) in [4.78, 5) is 35.3. The fraction of sp³-hybridized carbons (Fsp3) is 0.316. The molecule has 8 heteroatoms. The van der Waals surface area contributed by atoms with Crippen molar-refractivity contribution in [3.63, 3.8) is 0 Å². The van der Waals surface area contributed by atoms with E-state index in [4.69, 9.17) is 0 Å². The number of nitrogens with one attached hydrogen (secondary N) is 3. The van der Waals surface area contributed by atoms with Crippen LogP contribution >= 0.6 is 0 Å². The lowest BCUT2D eigenvalue weighted by molar-refractivity contribution is -0.123. The standard InChI is InChI=1S/C19H21N3O5/c1-11-4-2-5-12-6-3-7-14(16(11)12)17(24)20-8-13(23)9-21-18(25)15-10-27-19(26)22-15/h2-7,13,15,23H,8-10H2,1H3,(H,20,24)(H,21,25)(H,22,26)/t13-,15+/m0/s1. The molecule has 1 aliphatic rings. The maximum Gasteiger partial charge on any atom is 0.407 e. The van der Waals surface area contributed by atoms with Gasteiger partial charge in [0.15, 0.2) is 0 Å². The third-order valence-electron chi connectivity index (χ3n) is 4.36. The first-order valence-electron chi connectivity index (χ1n) is 8.61. The van der Waals surface area contributed by atoms with Gasteiger partial charge in [-0.05, 0) is 29.3 Å². The molecule has 0 saturated carbocycles. The molecule has 1 saturated heterocycles. The van der Waals surface area contributed by atoms with Crippen molar-refractivity contribution in [3.05, 3.63) is 47.5 Å². The number of aliphatic hydroxyl groups excluding tert-OH is 1. The fourth-order valence-electron chi connectivity index (χ4n) is 2.96. The van der Waals surface area contributed by atoms with E-state index in [1.54, 1.807) is 6.07 Å². The zero-order chi connectivity index (χ0) is 19.4. The van der Waals surface area contributed by atoms with E-state index in [0.29, 0.717) is 5.56 Å². The van der Waals surface area contributed by atoms with Crippen LogP contribution in [-0.4, -0.2) is 54.9 Å². The van der Waals surface area contributed by atoms with Crippen LogP contribution in [0.3, 0.4) is 0 Å². The molecule has 2 aromatic rings. The van der Waals surface area contributed by atoms with E-state index >= 15 is 0 Å². The molecular formula is C19H21N3O5. The lowest BCUT2D eigenvalue weighted by Crippen LogP contribution is -2.47. The molecule has 3 amide bonds. The maximum absolute atomic E-state index is 12.5. The van der Waals surface area contributed by atoms with Crippen LogP contribution in [0.15, 0.2) is 36.4 Å². The molecule has 0 radical (unpaired) electrons. The van der Waals surface area contributed by atoms with Crippen LogP contribution in [0, 0.1) is 6.92 Å². The van der Waals surface area contributed by atoms with Crippen molar-refractivity contribution in [1.82, 2.24) is 16.0 Å². The van der Waals surface area contributed by atoms with Crippen LogP contribution in [0.4, 0.5) is 4.79 Å². The largest absolute Gasteiger partial charge is 0.447 e. The number of aryl methyl sites for hydroxylation is 1. The maximum atomic E-state index is 12.5. The van der Waals surface area contributed by atoms with Crippen molar-refractivity contribution in [2.75, 3.05) is 19.7 Å². The number of hydrogen-bond donors (Lipinski definition) is 4. The Morgan fingerprint density at radius 2 is 1.93 bits per heavy atom. The molecule has 2 atom stereocenters. The average molecular weight is 371 g/mol. The molecule has 1 aliphatic heterocycles. The van der Waals surface area contributed by atoms with Crippen LogP contribution in [-0.2, 0) is 9.53 Å². The Morgan fingerprint density at radius 3 is 2.63 bits per heavy atom. The Labute approximate surface area is 155 Å². The molecule has 142 valence electrons. The van der Waals surface area contributed by atoms with Crippen molar-refractivity contribution in [2.24, 2.45) is 0 Å². The minimum Gasteiger partial charge on any atom is -0.447 e. The van der Waals surface area contributed by atoms with Crippen molar-refractivity contribution in [3.8, 4) is 0 Å². The van der Waals surface area contributed by atoms with Gasteiger partial charge < -0.3 is 25.8 Å². The average Bonchev–Trinajstić information content (AvgIpc) is 3.10. The van der Waals surface area contributed by atoms with E-state index in [2.05, 4.69) is 20.7 Å². The summed E-state index contributed by atoms with van der Waals surface area (Å²) in [6.07, 6.45) is -1.61. The summed E-state index contributed by atoms with van der Waals surface area (Å²) in [5, 5.41) is 19.4. The van der Waals surface area contributed by atoms with Gasteiger partial charge >= 0.3 is 6.09 Å². The topological polar surface area (TPSA) is 117 Å². The number of cyclic esters (lactones) is 1. The number of carbonyl (C=O) groups is 3. The highest BCUT2D eigenvalue weighted by molar-refractivity contribution is 6.08. The Morgan fingerprint density at radius 1 is 1.22 bits per heavy atom. The highest BCUT2D eigenvalue weighted by Crippen LogP contribution is 2.22. The summed E-state index contributed by atoms with van der Waals surface area (Å²) >= 11 is 0. The van der Waals surface area contributed by atoms with E-state index in [1.165, 1.54) is 0 Å². The van der Waals surface area contributed by atoms with E-state index in [1.807, 2.05) is 37.3 Å². The minimum atomic E-state index is -0.966. The first kappa shape index (κ1) is 18.7. The van der Waals surface area contributed by atoms with E-state index < -0.39 is 24.1 Å². The van der Waals surface area contributed by atoms with Crippen LogP contribution in [0.25, 0.3) is 10.8 Å². The van der Waals surface area contributed by atoms with Crippen LogP contribution in [0.5, 0.6) is 0 Å². The van der Waals surface area contributed by atoms with Gasteiger partial charge in [-0.3, -0.25) is 9.59 Å². The minimum absolute atomic E-state index is 0.0189. The number of aliphatic hydroxyl groups is 1. The molecule has 0 bridgehead atoms. The molecule has 27 heavy (non-hydrogen) atoms. The van der Waals surface area contributed by atoms with Gasteiger partial charge in [-0.25, -0.2) is 4.79 Å². The Balaban J connectivity index is 1.53. The van der Waals surface area contributed by atoms with E-state index in [9.17, 15) is 19.5 Å². The van der Waals surface area contributed by atoms with Gasteiger partial charge in [-0.1, -0.05) is 30.3 Å². The normalized spacial score (nSPS) is 17.1. The predicted molar refractivity (Wildman–Crippen MR) is 98.3 cm³/mol. The summed E-state index contributed by atoms with van der Waals surface area (Å²) < 4.78 is 4.64. The van der Waals surface area contributed by atoms with Crippen molar-refractivity contribution in [2.45, 2.75) is 19.1 Å². The molecule has 0 aromatic heterocycles. The van der Waals surface area contributed by atoms with Crippen molar-refractivity contribution >= 4 is 28.7 Å². The van der Waals surface area contributed by atoms with Gasteiger partial charge in [0.25, 0.3) is 5.91 Å². The molecule has 2 aromatic carbocycles. The zero-order valence-corrected chi connectivity index (χ0v) is 14.8. The third-order valence-corrected chi connectivity index (χ3v) is 4.36. The number of rotatable bonds is 6. The van der Waals surface area contributed by atoms with Crippen LogP contribution in [0.2, 0.25) is 0 Å². The van der Waals surface area contributed by atoms with Crippen molar-refractivity contribution < 1.29 is 24.2 Å². The number of alkyl carbamates (subject to hydrolysis) is 1. The number of benzene rings is 2. The summed E-state index contributed by atoms with van der Waals surface area (Å²) in [7, 11) is 0. The third kappa shape index (κ3) is 4.35. The van der Waals surface area contributed by atoms with Gasteiger partial charge in [-0.15, -0.1) is 0 Å². The number of amides is 3. The Hall–Kier alpha value is -3.13. The zero-order valence-electron chi connectivity index (χ0n) is 14.8. The monoisotopic (exact) mass is 371 g/mol. The highest BCUT2D eigenvalue weighted by atomic mass is 16.6. The molecular weight excluding hydrogens is 350 g/mol. The van der Waals surface area contributed by atoms with Crippen LogP contribution < -0.4 is 16.0 Å². The molecule has 0 unspecified atom stereocenters. The van der Waals surface area contributed by atoms with Gasteiger partial charge in [0.1, 0.15) is 12.6 Å². The van der Waals surface area contributed by atoms with E-state index in [0.717, 1.165) is 16.3 Å². The van der Waals surface area contributed by atoms with Gasteiger partial charge in [0.05, 0.1) is 6.10 Å². The fourth-order valence-corrected chi connectivity index (χ4v) is 2.96. The lowest BCUT2D eigenvalue weighted by Gasteiger charge is -2.15. The second-order valence-electron chi connectivity index (χ2n) is 6.38. The quantitative estimate of drug-likeness (QED) is 0.589. The Kier molecular flexibility index (Phi) is 5.56. The molecule has 0 aliphatic carbocycles. The SMILES string of the molecule is Cc1cccc2cccc(C(=O)NC[C@H](O)CNC(=O)[C@H]3COC(=O)N3)c12.